The van der Waals surface area contributed by atoms with Crippen LogP contribution in [0.25, 0.3) is 0 Å². The van der Waals surface area contributed by atoms with Crippen molar-refractivity contribution in [3.8, 4) is 5.75 Å². The summed E-state index contributed by atoms with van der Waals surface area (Å²) < 4.78 is 0. The third-order valence-electron chi connectivity index (χ3n) is 10.7. The Morgan fingerprint density at radius 1 is 0.580 bits per heavy atom. The second kappa shape index (κ2) is 30.8. The number of phenolic OH excluding ortho intramolecular Hbond substituents is 1. The average Bonchev–Trinajstić information content (AvgIpc) is 3.26. The average molecular weight is 997 g/mol. The lowest BCUT2D eigenvalue weighted by Crippen LogP contribution is -2.62. The van der Waals surface area contributed by atoms with Gasteiger partial charge in [-0.2, -0.15) is 12.6 Å². The molecular formula is C45H76N10O13S. The first-order valence-corrected chi connectivity index (χ1v) is 23.7. The summed E-state index contributed by atoms with van der Waals surface area (Å²) >= 11 is 4.19. The number of thiol groups is 1. The van der Waals surface area contributed by atoms with Gasteiger partial charge in [-0.3, -0.25) is 38.4 Å². The predicted octanol–water partition coefficient (Wildman–Crippen LogP) is -2.58. The summed E-state index contributed by atoms with van der Waals surface area (Å²) in [5.41, 5.74) is 12.4. The molecule has 0 saturated carbocycles. The Kier molecular flexibility index (Phi) is 27.5. The van der Waals surface area contributed by atoms with Crippen molar-refractivity contribution in [3.63, 3.8) is 0 Å². The van der Waals surface area contributed by atoms with Gasteiger partial charge < -0.3 is 74.4 Å². The zero-order chi connectivity index (χ0) is 52.7. The van der Waals surface area contributed by atoms with E-state index in [9.17, 15) is 63.6 Å². The summed E-state index contributed by atoms with van der Waals surface area (Å²) in [6.45, 7) is 12.2. The maximum absolute atomic E-state index is 13.8. The molecule has 0 saturated heterocycles. The molecule has 0 heterocycles. The summed E-state index contributed by atoms with van der Waals surface area (Å²) in [7, 11) is 0. The molecule has 1 aromatic rings. The van der Waals surface area contributed by atoms with Crippen LogP contribution in [-0.4, -0.2) is 153 Å². The Morgan fingerprint density at radius 2 is 1.03 bits per heavy atom. The summed E-state index contributed by atoms with van der Waals surface area (Å²) in [6, 6.07) is -6.03. The molecule has 0 aliphatic carbocycles. The number of amides is 8. The Morgan fingerprint density at radius 3 is 1.51 bits per heavy atom. The maximum atomic E-state index is 13.8. The summed E-state index contributed by atoms with van der Waals surface area (Å²) in [4.78, 5) is 119. The van der Waals surface area contributed by atoms with Crippen LogP contribution in [-0.2, 0) is 49.6 Å². The van der Waals surface area contributed by atoms with E-state index in [-0.39, 0.29) is 55.6 Å². The Balaban J connectivity index is 3.17. The van der Waals surface area contributed by atoms with Gasteiger partial charge in [-0.15, -0.1) is 0 Å². The first-order chi connectivity index (χ1) is 32.3. The standard InChI is InChI=1S/C45H76N10O13S/c1-22(2)17-31(40(62)48-25(7)37(59)54-35(24(5)6)45(67)68)51-44(66)36(26(8)57)55-43(65)34(21-69)53-39(61)30(11-9-10-16-46)49-42(64)33(20-56)52-41(63)32(18-23(3)4)50-38(60)29(47)19-27-12-14-28(58)15-13-27/h12-15,22-26,29-36,56-58,69H,9-11,16-21,46-47H2,1-8H3,(H,48,62)(H,49,64)(H,50,60)(H,51,66)(H,52,63)(H,53,61)(H,54,59)(H,55,65)(H,67,68)/t25-,26+,29-,30-,31-,32-,33-,34-,35-,36-/m0/s1. The van der Waals surface area contributed by atoms with Gasteiger partial charge in [0.15, 0.2) is 0 Å². The molecule has 8 amide bonds. The van der Waals surface area contributed by atoms with E-state index in [0.29, 0.717) is 18.4 Å². The smallest absolute Gasteiger partial charge is 0.326 e. The highest BCUT2D eigenvalue weighted by atomic mass is 32.1. The summed E-state index contributed by atoms with van der Waals surface area (Å²) in [5, 5.41) is 59.5. The molecule has 390 valence electrons. The van der Waals surface area contributed by atoms with Crippen molar-refractivity contribution in [2.24, 2.45) is 29.2 Å². The fourth-order valence-electron chi connectivity index (χ4n) is 6.72. The molecule has 0 bridgehead atoms. The van der Waals surface area contributed by atoms with Gasteiger partial charge in [0.25, 0.3) is 0 Å². The van der Waals surface area contributed by atoms with Gasteiger partial charge in [0.05, 0.1) is 18.8 Å². The van der Waals surface area contributed by atoms with E-state index in [1.165, 1.54) is 26.0 Å². The number of nitrogens with two attached hydrogens (primary N) is 2. The number of nitrogens with one attached hydrogen (secondary N) is 8. The molecule has 16 N–H and O–H groups in total. The maximum Gasteiger partial charge on any atom is 0.326 e. The SMILES string of the molecule is CC(C)C[C@H](NC(=O)[C@@H](NC(=O)[C@H](CS)NC(=O)[C@H](CCCCN)NC(=O)[C@H](CO)NC(=O)[C@H](CC(C)C)NC(=O)[C@@H](N)Cc1ccc(O)cc1)[C@@H](C)O)C(=O)N[C@@H](C)C(=O)N[C@H](C(=O)O)C(C)C. The number of carbonyl (C=O) groups is 9. The van der Waals surface area contributed by atoms with Crippen molar-refractivity contribution in [3.05, 3.63) is 29.8 Å². The second-order valence-electron chi connectivity index (χ2n) is 18.2. The van der Waals surface area contributed by atoms with Gasteiger partial charge in [0, 0.05) is 5.75 Å². The van der Waals surface area contributed by atoms with Crippen LogP contribution in [0, 0.1) is 17.8 Å². The van der Waals surface area contributed by atoms with Gasteiger partial charge in [-0.25, -0.2) is 4.79 Å². The van der Waals surface area contributed by atoms with E-state index in [0.717, 1.165) is 0 Å². The third-order valence-corrected chi connectivity index (χ3v) is 11.0. The molecular weight excluding hydrogens is 921 g/mol. The normalized spacial score (nSPS) is 15.7. The van der Waals surface area contributed by atoms with Crippen molar-refractivity contribution in [2.45, 2.75) is 154 Å². The summed E-state index contributed by atoms with van der Waals surface area (Å²) in [6.07, 6.45) is -0.550. The predicted molar refractivity (Wildman–Crippen MR) is 258 cm³/mol. The first kappa shape index (κ1) is 61.5. The lowest BCUT2D eigenvalue weighted by molar-refractivity contribution is -0.143. The number of hydrogen-bond donors (Lipinski definition) is 15. The number of carboxylic acids is 1. The summed E-state index contributed by atoms with van der Waals surface area (Å²) in [5.74, 6) is -9.27. The Bertz CT molecular complexity index is 1870. The van der Waals surface area contributed by atoms with Gasteiger partial charge >= 0.3 is 5.97 Å². The number of rotatable bonds is 31. The lowest BCUT2D eigenvalue weighted by Gasteiger charge is -2.28. The Hall–Kier alpha value is -5.56. The molecule has 0 aliphatic heterocycles. The number of hydrogen-bond acceptors (Lipinski definition) is 15. The van der Waals surface area contributed by atoms with E-state index >= 15 is 0 Å². The molecule has 1 aromatic carbocycles. The van der Waals surface area contributed by atoms with E-state index in [2.05, 4.69) is 55.2 Å². The van der Waals surface area contributed by atoms with Gasteiger partial charge in [0.1, 0.15) is 54.1 Å². The lowest BCUT2D eigenvalue weighted by atomic mass is 10.0. The van der Waals surface area contributed by atoms with Crippen LogP contribution in [0.15, 0.2) is 24.3 Å². The van der Waals surface area contributed by atoms with Crippen molar-refractivity contribution in [2.75, 3.05) is 18.9 Å². The molecule has 23 nitrogen and oxygen atoms in total. The minimum absolute atomic E-state index is 0.0110. The number of carboxylic acid groups (broad SMARTS) is 1. The Labute approximate surface area is 409 Å². The van der Waals surface area contributed by atoms with Crippen LogP contribution < -0.4 is 54.0 Å². The van der Waals surface area contributed by atoms with Gasteiger partial charge in [0.2, 0.25) is 47.3 Å². The van der Waals surface area contributed by atoms with E-state index in [1.54, 1.807) is 53.7 Å². The minimum atomic E-state index is -1.68. The molecule has 0 aromatic heterocycles. The van der Waals surface area contributed by atoms with Crippen LogP contribution >= 0.6 is 12.6 Å². The van der Waals surface area contributed by atoms with E-state index in [1.807, 2.05) is 0 Å². The van der Waals surface area contributed by atoms with Gasteiger partial charge in [-0.1, -0.05) is 53.7 Å². The van der Waals surface area contributed by atoms with Crippen molar-refractivity contribution in [1.29, 1.82) is 0 Å². The highest BCUT2D eigenvalue weighted by molar-refractivity contribution is 7.80. The second-order valence-corrected chi connectivity index (χ2v) is 18.6. The van der Waals surface area contributed by atoms with Crippen LogP contribution in [0.1, 0.15) is 93.1 Å². The van der Waals surface area contributed by atoms with Crippen molar-refractivity contribution in [1.82, 2.24) is 42.5 Å². The zero-order valence-electron chi connectivity index (χ0n) is 40.7. The molecule has 0 radical (unpaired) electrons. The molecule has 69 heavy (non-hydrogen) atoms. The number of unbranched alkanes of at least 4 members (excludes halogenated alkanes) is 1. The monoisotopic (exact) mass is 997 g/mol. The van der Waals surface area contributed by atoms with E-state index in [4.69, 9.17) is 11.5 Å². The number of carbonyl (C=O) groups excluding carboxylic acids is 8. The molecule has 0 aliphatic rings. The topological polar surface area (TPSA) is 383 Å². The fraction of sp³-hybridized carbons (Fsp3) is 0.667. The molecule has 0 unspecified atom stereocenters. The zero-order valence-corrected chi connectivity index (χ0v) is 41.6. The number of aliphatic carboxylic acids is 1. The number of phenols is 1. The van der Waals surface area contributed by atoms with Crippen LogP contribution in [0.2, 0.25) is 0 Å². The first-order valence-electron chi connectivity index (χ1n) is 23.1. The largest absolute Gasteiger partial charge is 0.508 e. The number of benzene rings is 1. The molecule has 10 atom stereocenters. The number of aliphatic hydroxyl groups is 2. The van der Waals surface area contributed by atoms with Crippen LogP contribution in [0.4, 0.5) is 0 Å². The van der Waals surface area contributed by atoms with Crippen LogP contribution in [0.5, 0.6) is 5.75 Å². The highest BCUT2D eigenvalue weighted by Crippen LogP contribution is 2.13. The minimum Gasteiger partial charge on any atom is -0.508 e. The highest BCUT2D eigenvalue weighted by Gasteiger charge is 2.36. The van der Waals surface area contributed by atoms with Crippen LogP contribution in [0.3, 0.4) is 0 Å². The fourth-order valence-corrected chi connectivity index (χ4v) is 6.98. The van der Waals surface area contributed by atoms with Crippen molar-refractivity contribution >= 4 is 65.9 Å². The molecule has 1 rings (SSSR count). The quantitative estimate of drug-likeness (QED) is 0.0269. The number of aliphatic hydroxyl groups excluding tert-OH is 2. The van der Waals surface area contributed by atoms with Gasteiger partial charge in [-0.05, 0) is 94.4 Å². The molecule has 0 fully saturated rings. The number of aromatic hydroxyl groups is 1. The third kappa shape index (κ3) is 22.2. The van der Waals surface area contributed by atoms with Crippen molar-refractivity contribution < 1.29 is 63.6 Å². The van der Waals surface area contributed by atoms with E-state index < -0.39 is 126 Å². The molecule has 24 heteroatoms. The molecule has 0 spiro atoms.